The lowest BCUT2D eigenvalue weighted by Gasteiger charge is -2.63. The second-order valence-corrected chi connectivity index (χ2v) is 15.0. The van der Waals surface area contributed by atoms with Gasteiger partial charge in [0.25, 0.3) is 0 Å². The molecule has 0 spiro atoms. The van der Waals surface area contributed by atoms with Crippen molar-refractivity contribution in [3.8, 4) is 0 Å². The van der Waals surface area contributed by atoms with Crippen molar-refractivity contribution in [3.05, 3.63) is 24.3 Å². The number of nitrogens with zero attached hydrogens (tertiary/aromatic N) is 1. The SMILES string of the molecule is O=C(Nc1ccc(N(C2CCCCC2)C23CC4CC(CC(C4)C2)C3)cc1)C12CC3CC(CC(C3)C1)C2. The van der Waals surface area contributed by atoms with E-state index in [2.05, 4.69) is 34.5 Å². The average molecular weight is 487 g/mol. The highest BCUT2D eigenvalue weighted by Crippen LogP contribution is 2.61. The summed E-state index contributed by atoms with van der Waals surface area (Å²) in [4.78, 5) is 16.6. The summed E-state index contributed by atoms with van der Waals surface area (Å²) in [5, 5.41) is 3.42. The zero-order valence-electron chi connectivity index (χ0n) is 22.2. The number of carbonyl (C=O) groups is 1. The summed E-state index contributed by atoms with van der Waals surface area (Å²) in [5.74, 6) is 5.69. The zero-order chi connectivity index (χ0) is 23.9. The van der Waals surface area contributed by atoms with Crippen LogP contribution in [0.5, 0.6) is 0 Å². The summed E-state index contributed by atoms with van der Waals surface area (Å²) in [6, 6.07) is 9.95. The quantitative estimate of drug-likeness (QED) is 0.458. The zero-order valence-corrected chi connectivity index (χ0v) is 22.2. The molecule has 0 aromatic heterocycles. The van der Waals surface area contributed by atoms with Gasteiger partial charge in [-0.05, 0) is 150 Å². The first kappa shape index (κ1) is 22.5. The van der Waals surface area contributed by atoms with Gasteiger partial charge >= 0.3 is 0 Å². The minimum atomic E-state index is -0.0687. The molecule has 0 radical (unpaired) electrons. The molecule has 9 fully saturated rings. The summed E-state index contributed by atoms with van der Waals surface area (Å²) < 4.78 is 0. The van der Waals surface area contributed by atoms with Gasteiger partial charge in [0, 0.05) is 23.0 Å². The van der Waals surface area contributed by atoms with Gasteiger partial charge in [-0.1, -0.05) is 19.3 Å². The number of nitrogens with one attached hydrogen (secondary N) is 1. The monoisotopic (exact) mass is 486 g/mol. The van der Waals surface area contributed by atoms with Crippen LogP contribution in [0.15, 0.2) is 24.3 Å². The Hall–Kier alpha value is -1.51. The first-order valence-electron chi connectivity index (χ1n) is 15.8. The first-order valence-corrected chi connectivity index (χ1v) is 15.8. The molecule has 0 unspecified atom stereocenters. The van der Waals surface area contributed by atoms with E-state index in [1.165, 1.54) is 95.6 Å². The Kier molecular flexibility index (Phi) is 5.15. The minimum Gasteiger partial charge on any atom is -0.363 e. The van der Waals surface area contributed by atoms with Crippen LogP contribution in [0.1, 0.15) is 109 Å². The van der Waals surface area contributed by atoms with E-state index >= 15 is 0 Å². The Bertz CT molecular complexity index is 934. The summed E-state index contributed by atoms with van der Waals surface area (Å²) in [7, 11) is 0. The molecule has 1 aromatic rings. The Morgan fingerprint density at radius 3 is 1.64 bits per heavy atom. The van der Waals surface area contributed by atoms with Gasteiger partial charge in [-0.2, -0.15) is 0 Å². The molecule has 0 heterocycles. The third-order valence-electron chi connectivity index (χ3n) is 12.4. The van der Waals surface area contributed by atoms with Crippen molar-refractivity contribution in [2.24, 2.45) is 40.9 Å². The molecule has 9 saturated carbocycles. The molecule has 0 saturated heterocycles. The van der Waals surface area contributed by atoms with E-state index in [1.807, 2.05) is 0 Å². The van der Waals surface area contributed by atoms with Crippen molar-refractivity contribution >= 4 is 17.3 Å². The van der Waals surface area contributed by atoms with Crippen LogP contribution in [0.2, 0.25) is 0 Å². The molecule has 3 heteroatoms. The van der Waals surface area contributed by atoms with Gasteiger partial charge in [0.1, 0.15) is 0 Å². The topological polar surface area (TPSA) is 32.3 Å². The second-order valence-electron chi connectivity index (χ2n) is 15.0. The predicted octanol–water partition coefficient (Wildman–Crippen LogP) is 7.95. The van der Waals surface area contributed by atoms with Crippen LogP contribution < -0.4 is 10.2 Å². The van der Waals surface area contributed by atoms with Crippen LogP contribution in [-0.2, 0) is 4.79 Å². The Balaban J connectivity index is 1.05. The second kappa shape index (κ2) is 8.24. The first-order chi connectivity index (χ1) is 17.6. The molecule has 8 bridgehead atoms. The molecule has 10 rings (SSSR count). The van der Waals surface area contributed by atoms with E-state index in [0.717, 1.165) is 60.5 Å². The van der Waals surface area contributed by atoms with Crippen LogP contribution >= 0.6 is 0 Å². The molecule has 0 atom stereocenters. The highest BCUT2D eigenvalue weighted by atomic mass is 16.2. The summed E-state index contributed by atoms with van der Waals surface area (Å²) in [5.41, 5.74) is 2.80. The molecular weight excluding hydrogens is 440 g/mol. The van der Waals surface area contributed by atoms with Crippen LogP contribution in [0.3, 0.4) is 0 Å². The highest BCUT2D eigenvalue weighted by Gasteiger charge is 2.56. The highest BCUT2D eigenvalue weighted by molar-refractivity contribution is 5.95. The fraction of sp³-hybridized carbons (Fsp3) is 0.788. The van der Waals surface area contributed by atoms with Gasteiger partial charge in [-0.3, -0.25) is 4.79 Å². The summed E-state index contributed by atoms with van der Waals surface area (Å²) >= 11 is 0. The Morgan fingerprint density at radius 2 is 1.14 bits per heavy atom. The van der Waals surface area contributed by atoms with Gasteiger partial charge in [0.2, 0.25) is 5.91 Å². The van der Waals surface area contributed by atoms with E-state index in [-0.39, 0.29) is 5.41 Å². The van der Waals surface area contributed by atoms with Crippen molar-refractivity contribution in [2.75, 3.05) is 10.2 Å². The van der Waals surface area contributed by atoms with Gasteiger partial charge in [-0.15, -0.1) is 0 Å². The Labute approximate surface area is 218 Å². The molecule has 1 aromatic carbocycles. The van der Waals surface area contributed by atoms with Crippen molar-refractivity contribution < 1.29 is 4.79 Å². The molecule has 1 amide bonds. The number of hydrogen-bond acceptors (Lipinski definition) is 2. The molecular formula is C33H46N2O. The van der Waals surface area contributed by atoms with Crippen LogP contribution in [0, 0.1) is 40.9 Å². The molecule has 3 nitrogen and oxygen atoms in total. The molecule has 36 heavy (non-hydrogen) atoms. The summed E-state index contributed by atoms with van der Waals surface area (Å²) in [6.45, 7) is 0. The fourth-order valence-corrected chi connectivity index (χ4v) is 11.9. The number of hydrogen-bond donors (Lipinski definition) is 1. The van der Waals surface area contributed by atoms with Crippen LogP contribution in [0.4, 0.5) is 11.4 Å². The molecule has 194 valence electrons. The largest absolute Gasteiger partial charge is 0.363 e. The maximum absolute atomic E-state index is 13.6. The Morgan fingerprint density at radius 1 is 0.667 bits per heavy atom. The van der Waals surface area contributed by atoms with Crippen molar-refractivity contribution in [2.45, 2.75) is 121 Å². The normalized spacial score (nSPS) is 44.7. The maximum atomic E-state index is 13.6. The number of amides is 1. The van der Waals surface area contributed by atoms with Gasteiger partial charge in [0.15, 0.2) is 0 Å². The van der Waals surface area contributed by atoms with Crippen LogP contribution in [0.25, 0.3) is 0 Å². The third-order valence-corrected chi connectivity index (χ3v) is 12.4. The number of carbonyl (C=O) groups excluding carboxylic acids is 1. The van der Waals surface area contributed by atoms with Crippen molar-refractivity contribution in [3.63, 3.8) is 0 Å². The minimum absolute atomic E-state index is 0.0687. The number of benzene rings is 1. The lowest BCUT2D eigenvalue weighted by molar-refractivity contribution is -0.140. The lowest BCUT2D eigenvalue weighted by Crippen LogP contribution is -2.63. The van der Waals surface area contributed by atoms with Gasteiger partial charge in [0.05, 0.1) is 5.41 Å². The van der Waals surface area contributed by atoms with Gasteiger partial charge < -0.3 is 10.2 Å². The van der Waals surface area contributed by atoms with Crippen molar-refractivity contribution in [1.82, 2.24) is 0 Å². The number of anilines is 2. The van der Waals surface area contributed by atoms with E-state index in [4.69, 9.17) is 0 Å². The molecule has 1 N–H and O–H groups in total. The number of rotatable bonds is 5. The predicted molar refractivity (Wildman–Crippen MR) is 146 cm³/mol. The van der Waals surface area contributed by atoms with Crippen molar-refractivity contribution in [1.29, 1.82) is 0 Å². The fourth-order valence-electron chi connectivity index (χ4n) is 11.9. The lowest BCUT2D eigenvalue weighted by atomic mass is 9.49. The molecule has 0 aliphatic heterocycles. The van der Waals surface area contributed by atoms with Gasteiger partial charge in [-0.25, -0.2) is 0 Å². The molecule has 9 aliphatic carbocycles. The van der Waals surface area contributed by atoms with Crippen LogP contribution in [-0.4, -0.2) is 17.5 Å². The average Bonchev–Trinajstić information content (AvgIpc) is 2.84. The standard InChI is InChI=1S/C33H46N2O/c36-31(32-16-22-10-23(17-32)12-24(11-22)18-32)34-28-6-8-30(9-7-28)35(29-4-2-1-3-5-29)33-19-25-13-26(20-33)15-27(14-25)21-33/h6-9,22-27,29H,1-5,10-21H2,(H,34,36). The maximum Gasteiger partial charge on any atom is 0.230 e. The van der Waals surface area contributed by atoms with E-state index in [1.54, 1.807) is 0 Å². The summed E-state index contributed by atoms with van der Waals surface area (Å²) in [6.07, 6.45) is 23.4. The smallest absolute Gasteiger partial charge is 0.230 e. The van der Waals surface area contributed by atoms with E-state index in [9.17, 15) is 4.79 Å². The van der Waals surface area contributed by atoms with E-state index < -0.39 is 0 Å². The third kappa shape index (κ3) is 3.61. The van der Waals surface area contributed by atoms with E-state index in [0.29, 0.717) is 17.5 Å². The molecule has 9 aliphatic rings.